The highest BCUT2D eigenvalue weighted by atomic mass is 16.5. The van der Waals surface area contributed by atoms with Crippen LogP contribution in [0.2, 0.25) is 0 Å². The summed E-state index contributed by atoms with van der Waals surface area (Å²) in [6, 6.07) is 17.4. The number of methoxy groups -OCH3 is 1. The number of nitrogens with zero attached hydrogens (tertiary/aromatic N) is 1. The average molecular weight is 325 g/mol. The number of aliphatic hydroxyl groups is 1. The molecule has 0 spiro atoms. The molecule has 1 amide bonds. The number of carbonyl (C=O) groups is 1. The van der Waals surface area contributed by atoms with Gasteiger partial charge in [0.2, 0.25) is 5.91 Å². The number of benzene rings is 2. The zero-order chi connectivity index (χ0) is 16.9. The highest BCUT2D eigenvalue weighted by molar-refractivity contribution is 5.77. The van der Waals surface area contributed by atoms with Gasteiger partial charge < -0.3 is 14.7 Å². The van der Waals surface area contributed by atoms with Crippen LogP contribution in [0.5, 0.6) is 5.75 Å². The molecule has 4 heteroatoms. The first kappa shape index (κ1) is 16.5. The molecule has 0 saturated heterocycles. The Morgan fingerprint density at radius 1 is 1.17 bits per heavy atom. The van der Waals surface area contributed by atoms with Crippen LogP contribution in [-0.2, 0) is 11.3 Å². The summed E-state index contributed by atoms with van der Waals surface area (Å²) in [4.78, 5) is 14.6. The van der Waals surface area contributed by atoms with Gasteiger partial charge in [-0.25, -0.2) is 0 Å². The number of aliphatic hydroxyl groups excluding tert-OH is 1. The van der Waals surface area contributed by atoms with E-state index in [9.17, 15) is 9.90 Å². The summed E-state index contributed by atoms with van der Waals surface area (Å²) in [6.07, 6.45) is 1.46. The highest BCUT2D eigenvalue weighted by Crippen LogP contribution is 2.30. The Hall–Kier alpha value is -2.33. The van der Waals surface area contributed by atoms with Crippen molar-refractivity contribution in [3.8, 4) is 5.75 Å². The lowest BCUT2D eigenvalue weighted by Crippen LogP contribution is -2.33. The molecule has 1 unspecified atom stereocenters. The van der Waals surface area contributed by atoms with Crippen molar-refractivity contribution in [2.75, 3.05) is 7.11 Å². The van der Waals surface area contributed by atoms with Crippen LogP contribution in [0.3, 0.4) is 0 Å². The molecule has 1 aliphatic rings. The van der Waals surface area contributed by atoms with Crippen molar-refractivity contribution in [1.29, 1.82) is 0 Å². The Bertz CT molecular complexity index is 665. The van der Waals surface area contributed by atoms with Gasteiger partial charge >= 0.3 is 0 Å². The third kappa shape index (κ3) is 4.15. The second kappa shape index (κ2) is 7.49. The first-order valence-corrected chi connectivity index (χ1v) is 8.33. The minimum Gasteiger partial charge on any atom is -0.497 e. The van der Waals surface area contributed by atoms with Crippen molar-refractivity contribution in [3.63, 3.8) is 0 Å². The Kier molecular flexibility index (Phi) is 5.16. The average Bonchev–Trinajstić information content (AvgIpc) is 3.45. The quantitative estimate of drug-likeness (QED) is 0.849. The smallest absolute Gasteiger partial charge is 0.226 e. The van der Waals surface area contributed by atoms with Crippen molar-refractivity contribution >= 4 is 5.91 Å². The van der Waals surface area contributed by atoms with E-state index in [2.05, 4.69) is 0 Å². The van der Waals surface area contributed by atoms with Crippen molar-refractivity contribution in [2.24, 2.45) is 0 Å². The molecule has 0 radical (unpaired) electrons. The van der Waals surface area contributed by atoms with Crippen molar-refractivity contribution in [1.82, 2.24) is 4.90 Å². The zero-order valence-corrected chi connectivity index (χ0v) is 13.9. The minimum atomic E-state index is -0.754. The molecule has 0 aromatic heterocycles. The first-order chi connectivity index (χ1) is 11.7. The number of amides is 1. The second-order valence-corrected chi connectivity index (χ2v) is 6.23. The topological polar surface area (TPSA) is 49.8 Å². The standard InChI is InChI=1S/C20H23NO3/c1-24-18-11-7-15(8-12-18)14-21(17-9-10-17)20(23)13-19(22)16-5-3-2-4-6-16/h2-8,11-12,17,19,22H,9-10,13-14H2,1H3. The van der Waals surface area contributed by atoms with Crippen molar-refractivity contribution in [2.45, 2.75) is 38.0 Å². The molecule has 24 heavy (non-hydrogen) atoms. The second-order valence-electron chi connectivity index (χ2n) is 6.23. The van der Waals surface area contributed by atoms with E-state index in [-0.39, 0.29) is 12.3 Å². The van der Waals surface area contributed by atoms with Crippen LogP contribution in [0.25, 0.3) is 0 Å². The van der Waals surface area contributed by atoms with Gasteiger partial charge in [0.25, 0.3) is 0 Å². The molecule has 0 aliphatic heterocycles. The Labute approximate surface area is 142 Å². The molecule has 2 aromatic rings. The lowest BCUT2D eigenvalue weighted by atomic mass is 10.1. The normalized spacial score (nSPS) is 14.9. The van der Waals surface area contributed by atoms with Gasteiger partial charge in [0.1, 0.15) is 5.75 Å². The van der Waals surface area contributed by atoms with Gasteiger partial charge in [0.15, 0.2) is 0 Å². The number of carbonyl (C=O) groups excluding carboxylic acids is 1. The molecule has 1 fully saturated rings. The highest BCUT2D eigenvalue weighted by Gasteiger charge is 2.33. The Balaban J connectivity index is 1.65. The first-order valence-electron chi connectivity index (χ1n) is 8.33. The fraction of sp³-hybridized carbons (Fsp3) is 0.350. The summed E-state index contributed by atoms with van der Waals surface area (Å²) in [7, 11) is 1.64. The van der Waals surface area contributed by atoms with E-state index in [0.717, 1.165) is 29.7 Å². The number of hydrogen-bond acceptors (Lipinski definition) is 3. The van der Waals surface area contributed by atoms with E-state index < -0.39 is 6.10 Å². The Morgan fingerprint density at radius 3 is 2.42 bits per heavy atom. The predicted octanol–water partition coefficient (Wildman–Crippen LogP) is 3.31. The van der Waals surface area contributed by atoms with Gasteiger partial charge in [-0.1, -0.05) is 42.5 Å². The summed E-state index contributed by atoms with van der Waals surface area (Å²) in [5.41, 5.74) is 1.86. The molecular weight excluding hydrogens is 302 g/mol. The third-order valence-electron chi connectivity index (χ3n) is 4.37. The molecular formula is C20H23NO3. The van der Waals surface area contributed by atoms with E-state index in [0.29, 0.717) is 12.6 Å². The van der Waals surface area contributed by atoms with Gasteiger partial charge in [-0.3, -0.25) is 4.79 Å². The van der Waals surface area contributed by atoms with Crippen molar-refractivity contribution < 1.29 is 14.6 Å². The van der Waals surface area contributed by atoms with Crippen LogP contribution in [0.15, 0.2) is 54.6 Å². The molecule has 126 valence electrons. The molecule has 1 aliphatic carbocycles. The lowest BCUT2D eigenvalue weighted by Gasteiger charge is -2.24. The summed E-state index contributed by atoms with van der Waals surface area (Å²) in [6.45, 7) is 0.578. The SMILES string of the molecule is COc1ccc(CN(C(=O)CC(O)c2ccccc2)C2CC2)cc1. The molecule has 1 N–H and O–H groups in total. The molecule has 3 rings (SSSR count). The zero-order valence-electron chi connectivity index (χ0n) is 13.9. The third-order valence-corrected chi connectivity index (χ3v) is 4.37. The maximum absolute atomic E-state index is 12.7. The van der Waals surface area contributed by atoms with Crippen LogP contribution in [0.1, 0.15) is 36.5 Å². The van der Waals surface area contributed by atoms with Crippen LogP contribution >= 0.6 is 0 Å². The molecule has 0 heterocycles. The van der Waals surface area contributed by atoms with E-state index in [1.54, 1.807) is 7.11 Å². The van der Waals surface area contributed by atoms with Crippen LogP contribution in [0, 0.1) is 0 Å². The molecule has 0 bridgehead atoms. The lowest BCUT2D eigenvalue weighted by molar-refractivity contribution is -0.134. The minimum absolute atomic E-state index is 0.00433. The van der Waals surface area contributed by atoms with Crippen LogP contribution < -0.4 is 4.74 Å². The maximum atomic E-state index is 12.7. The van der Waals surface area contributed by atoms with E-state index in [4.69, 9.17) is 4.74 Å². The summed E-state index contributed by atoms with van der Waals surface area (Å²) in [5.74, 6) is 0.812. The predicted molar refractivity (Wildman–Crippen MR) is 92.6 cm³/mol. The number of rotatable bonds is 7. The van der Waals surface area contributed by atoms with Crippen LogP contribution in [0.4, 0.5) is 0 Å². The largest absolute Gasteiger partial charge is 0.497 e. The molecule has 1 saturated carbocycles. The van der Waals surface area contributed by atoms with Gasteiger partial charge in [0.05, 0.1) is 19.6 Å². The number of hydrogen-bond donors (Lipinski definition) is 1. The van der Waals surface area contributed by atoms with Gasteiger partial charge in [-0.15, -0.1) is 0 Å². The summed E-state index contributed by atoms with van der Waals surface area (Å²) >= 11 is 0. The molecule has 2 aromatic carbocycles. The van der Waals surface area contributed by atoms with Crippen LogP contribution in [-0.4, -0.2) is 29.1 Å². The van der Waals surface area contributed by atoms with Gasteiger partial charge in [-0.05, 0) is 36.1 Å². The van der Waals surface area contributed by atoms with Crippen molar-refractivity contribution in [3.05, 3.63) is 65.7 Å². The fourth-order valence-corrected chi connectivity index (χ4v) is 2.81. The maximum Gasteiger partial charge on any atom is 0.226 e. The van der Waals surface area contributed by atoms with Gasteiger partial charge in [0, 0.05) is 12.6 Å². The summed E-state index contributed by atoms with van der Waals surface area (Å²) < 4.78 is 5.17. The van der Waals surface area contributed by atoms with E-state index in [1.165, 1.54) is 0 Å². The summed E-state index contributed by atoms with van der Waals surface area (Å²) in [5, 5.41) is 10.3. The van der Waals surface area contributed by atoms with E-state index in [1.807, 2.05) is 59.5 Å². The number of ether oxygens (including phenoxy) is 1. The molecule has 4 nitrogen and oxygen atoms in total. The monoisotopic (exact) mass is 325 g/mol. The fourth-order valence-electron chi connectivity index (χ4n) is 2.81. The van der Waals surface area contributed by atoms with Gasteiger partial charge in [-0.2, -0.15) is 0 Å². The molecule has 1 atom stereocenters. The Morgan fingerprint density at radius 2 is 1.83 bits per heavy atom. The van der Waals surface area contributed by atoms with E-state index >= 15 is 0 Å².